The second kappa shape index (κ2) is 8.69. The zero-order valence-corrected chi connectivity index (χ0v) is 12.8. The molecule has 0 saturated heterocycles. The number of carbonyl (C=O) groups is 1. The standard InChI is InChI=1S/C17H17N3OS/c1-14(10-11-15-7-3-2-4-8-15)19-20-16(21)13-22-17-9-5-6-12-18-17/h2-12,19H,1,13H2,(H,20,21). The monoisotopic (exact) mass is 311 g/mol. The Morgan fingerprint density at radius 1 is 1.14 bits per heavy atom. The molecule has 0 radical (unpaired) electrons. The summed E-state index contributed by atoms with van der Waals surface area (Å²) in [5, 5.41) is 0.820. The maximum Gasteiger partial charge on any atom is 0.248 e. The van der Waals surface area contributed by atoms with Crippen LogP contribution in [0.5, 0.6) is 0 Å². The van der Waals surface area contributed by atoms with Crippen molar-refractivity contribution in [3.63, 3.8) is 0 Å². The number of hydrogen-bond donors (Lipinski definition) is 2. The van der Waals surface area contributed by atoms with Crippen LogP contribution in [0.1, 0.15) is 5.56 Å². The van der Waals surface area contributed by atoms with Gasteiger partial charge in [0.1, 0.15) is 0 Å². The van der Waals surface area contributed by atoms with Crippen LogP contribution in [0.25, 0.3) is 6.08 Å². The first-order valence-electron chi connectivity index (χ1n) is 6.75. The highest BCUT2D eigenvalue weighted by atomic mass is 32.2. The molecule has 112 valence electrons. The van der Waals surface area contributed by atoms with Crippen LogP contribution in [0.4, 0.5) is 0 Å². The van der Waals surface area contributed by atoms with Gasteiger partial charge in [-0.05, 0) is 23.8 Å². The lowest BCUT2D eigenvalue weighted by Gasteiger charge is -2.07. The number of hydrazine groups is 1. The third kappa shape index (κ3) is 5.85. The summed E-state index contributed by atoms with van der Waals surface area (Å²) in [5.74, 6) is 0.157. The Balaban J connectivity index is 1.69. The molecule has 0 unspecified atom stereocenters. The minimum absolute atomic E-state index is 0.134. The maximum atomic E-state index is 11.7. The van der Waals surface area contributed by atoms with E-state index in [2.05, 4.69) is 22.4 Å². The summed E-state index contributed by atoms with van der Waals surface area (Å²) in [7, 11) is 0. The molecule has 5 heteroatoms. The van der Waals surface area contributed by atoms with E-state index in [4.69, 9.17) is 0 Å². The van der Waals surface area contributed by atoms with Gasteiger partial charge in [0.25, 0.3) is 0 Å². The highest BCUT2D eigenvalue weighted by Gasteiger charge is 2.02. The Labute approximate surface area is 134 Å². The van der Waals surface area contributed by atoms with Crippen LogP contribution in [-0.2, 0) is 4.79 Å². The van der Waals surface area contributed by atoms with Gasteiger partial charge in [0.05, 0.1) is 10.8 Å². The van der Waals surface area contributed by atoms with Crippen LogP contribution >= 0.6 is 11.8 Å². The van der Waals surface area contributed by atoms with E-state index < -0.39 is 0 Å². The number of amides is 1. The van der Waals surface area contributed by atoms with Crippen LogP contribution < -0.4 is 10.9 Å². The summed E-state index contributed by atoms with van der Waals surface area (Å²) < 4.78 is 0. The highest BCUT2D eigenvalue weighted by molar-refractivity contribution is 7.99. The number of aromatic nitrogens is 1. The van der Waals surface area contributed by atoms with E-state index in [1.165, 1.54) is 11.8 Å². The largest absolute Gasteiger partial charge is 0.299 e. The minimum atomic E-state index is -0.134. The molecule has 0 bridgehead atoms. The van der Waals surface area contributed by atoms with Crippen molar-refractivity contribution in [2.75, 3.05) is 5.75 Å². The smallest absolute Gasteiger partial charge is 0.248 e. The fourth-order valence-corrected chi connectivity index (χ4v) is 2.22. The van der Waals surface area contributed by atoms with Crippen molar-refractivity contribution in [1.29, 1.82) is 0 Å². The summed E-state index contributed by atoms with van der Waals surface area (Å²) in [6.07, 6.45) is 5.43. The molecule has 0 aliphatic heterocycles. The fourth-order valence-electron chi connectivity index (χ4n) is 1.56. The Morgan fingerprint density at radius 2 is 1.91 bits per heavy atom. The summed E-state index contributed by atoms with van der Waals surface area (Å²) in [4.78, 5) is 15.9. The molecule has 0 atom stereocenters. The van der Waals surface area contributed by atoms with E-state index in [1.807, 2.05) is 60.7 Å². The number of carbonyl (C=O) groups excluding carboxylic acids is 1. The molecule has 1 aromatic heterocycles. The zero-order valence-electron chi connectivity index (χ0n) is 12.0. The van der Waals surface area contributed by atoms with Gasteiger partial charge in [-0.25, -0.2) is 4.98 Å². The van der Waals surface area contributed by atoms with Crippen LogP contribution in [0, 0.1) is 0 Å². The van der Waals surface area contributed by atoms with Gasteiger partial charge in [-0.1, -0.05) is 60.8 Å². The van der Waals surface area contributed by atoms with Crippen LogP contribution in [0.2, 0.25) is 0 Å². The van der Waals surface area contributed by atoms with Gasteiger partial charge in [-0.15, -0.1) is 0 Å². The lowest BCUT2D eigenvalue weighted by molar-refractivity contribution is -0.119. The lowest BCUT2D eigenvalue weighted by Crippen LogP contribution is -2.37. The van der Waals surface area contributed by atoms with Crippen molar-refractivity contribution >= 4 is 23.7 Å². The van der Waals surface area contributed by atoms with Crippen molar-refractivity contribution in [2.45, 2.75) is 5.03 Å². The van der Waals surface area contributed by atoms with Crippen molar-refractivity contribution in [1.82, 2.24) is 15.8 Å². The van der Waals surface area contributed by atoms with E-state index in [1.54, 1.807) is 6.20 Å². The number of hydrogen-bond acceptors (Lipinski definition) is 4. The highest BCUT2D eigenvalue weighted by Crippen LogP contribution is 2.12. The molecule has 0 fully saturated rings. The van der Waals surface area contributed by atoms with E-state index in [-0.39, 0.29) is 5.91 Å². The average Bonchev–Trinajstić information content (AvgIpc) is 2.58. The van der Waals surface area contributed by atoms with Crippen LogP contribution in [0.15, 0.2) is 78.1 Å². The summed E-state index contributed by atoms with van der Waals surface area (Å²) >= 11 is 1.38. The van der Waals surface area contributed by atoms with Gasteiger partial charge in [-0.3, -0.25) is 15.6 Å². The lowest BCUT2D eigenvalue weighted by atomic mass is 10.2. The van der Waals surface area contributed by atoms with Crippen LogP contribution in [-0.4, -0.2) is 16.6 Å². The number of thioether (sulfide) groups is 1. The molecule has 0 aliphatic carbocycles. The molecule has 1 aromatic carbocycles. The molecular formula is C17H17N3OS. The molecule has 2 rings (SSSR count). The predicted molar refractivity (Wildman–Crippen MR) is 90.9 cm³/mol. The third-order valence-electron chi connectivity index (χ3n) is 2.63. The fraction of sp³-hybridized carbons (Fsp3) is 0.0588. The number of rotatable bonds is 7. The van der Waals surface area contributed by atoms with E-state index in [0.717, 1.165) is 10.6 Å². The van der Waals surface area contributed by atoms with Gasteiger partial charge in [0, 0.05) is 11.9 Å². The topological polar surface area (TPSA) is 54.0 Å². The van der Waals surface area contributed by atoms with Crippen molar-refractivity contribution in [3.05, 3.63) is 78.6 Å². The van der Waals surface area contributed by atoms with E-state index in [0.29, 0.717) is 11.4 Å². The molecule has 22 heavy (non-hydrogen) atoms. The van der Waals surface area contributed by atoms with E-state index >= 15 is 0 Å². The van der Waals surface area contributed by atoms with Crippen molar-refractivity contribution in [3.8, 4) is 0 Å². The molecule has 0 saturated carbocycles. The van der Waals surface area contributed by atoms with Crippen molar-refractivity contribution < 1.29 is 4.79 Å². The molecule has 4 nitrogen and oxygen atoms in total. The average molecular weight is 311 g/mol. The number of nitrogens with zero attached hydrogens (tertiary/aromatic N) is 1. The quantitative estimate of drug-likeness (QED) is 0.469. The molecule has 2 aromatic rings. The molecule has 2 N–H and O–H groups in total. The Hall–Kier alpha value is -2.53. The Morgan fingerprint density at radius 3 is 2.64 bits per heavy atom. The minimum Gasteiger partial charge on any atom is -0.299 e. The van der Waals surface area contributed by atoms with E-state index in [9.17, 15) is 4.79 Å². The summed E-state index contributed by atoms with van der Waals surface area (Å²) in [6.45, 7) is 3.83. The van der Waals surface area contributed by atoms with Gasteiger partial charge in [0.2, 0.25) is 5.91 Å². The summed E-state index contributed by atoms with van der Waals surface area (Å²) in [5.41, 5.74) is 7.06. The van der Waals surface area contributed by atoms with Gasteiger partial charge in [0.15, 0.2) is 0 Å². The predicted octanol–water partition coefficient (Wildman–Crippen LogP) is 3.02. The molecule has 0 spiro atoms. The molecular weight excluding hydrogens is 294 g/mol. The number of benzene rings is 1. The molecule has 1 heterocycles. The first-order valence-corrected chi connectivity index (χ1v) is 7.73. The Kier molecular flexibility index (Phi) is 6.26. The number of pyridine rings is 1. The second-order valence-corrected chi connectivity index (χ2v) is 5.39. The van der Waals surface area contributed by atoms with Gasteiger partial charge >= 0.3 is 0 Å². The van der Waals surface area contributed by atoms with Gasteiger partial charge in [-0.2, -0.15) is 0 Å². The first kappa shape index (κ1) is 15.9. The SMILES string of the molecule is C=C(C=Cc1ccccc1)NNC(=O)CSc1ccccn1. The zero-order chi connectivity index (χ0) is 15.6. The summed E-state index contributed by atoms with van der Waals surface area (Å²) in [6, 6.07) is 15.5. The van der Waals surface area contributed by atoms with Crippen molar-refractivity contribution in [2.24, 2.45) is 0 Å². The number of nitrogens with one attached hydrogen (secondary N) is 2. The van der Waals surface area contributed by atoms with Crippen LogP contribution in [0.3, 0.4) is 0 Å². The first-order chi connectivity index (χ1) is 10.7. The van der Waals surface area contributed by atoms with Gasteiger partial charge < -0.3 is 0 Å². The Bertz CT molecular complexity index is 641. The number of allylic oxidation sites excluding steroid dienone is 1. The maximum absolute atomic E-state index is 11.7. The molecule has 0 aliphatic rings. The normalized spacial score (nSPS) is 10.4. The second-order valence-electron chi connectivity index (χ2n) is 4.40. The molecule has 1 amide bonds. The third-order valence-corrected chi connectivity index (χ3v) is 3.57.